The van der Waals surface area contributed by atoms with E-state index in [1.54, 1.807) is 42.5 Å². The Morgan fingerprint density at radius 1 is 1.09 bits per heavy atom. The Hall–Kier alpha value is -2.88. The topological polar surface area (TPSA) is 102 Å². The lowest BCUT2D eigenvalue weighted by Crippen LogP contribution is -2.37. The number of rotatable bonds is 6. The van der Waals surface area contributed by atoms with Crippen LogP contribution in [0.4, 0.5) is 0 Å². The van der Waals surface area contributed by atoms with Crippen molar-refractivity contribution in [2.75, 3.05) is 27.9 Å². The molecule has 178 valence electrons. The molecule has 0 amide bonds. The number of methoxy groups -OCH3 is 3. The molecular formula is C24H29NO7S. The Morgan fingerprint density at radius 3 is 2.33 bits per heavy atom. The van der Waals surface area contributed by atoms with Crippen molar-refractivity contribution in [2.24, 2.45) is 0 Å². The molecule has 0 aliphatic carbocycles. The first-order valence-electron chi connectivity index (χ1n) is 10.5. The van der Waals surface area contributed by atoms with E-state index in [0.717, 1.165) is 5.56 Å². The molecule has 0 unspecified atom stereocenters. The molecule has 0 fully saturated rings. The van der Waals surface area contributed by atoms with Crippen LogP contribution in [0, 0.1) is 6.92 Å². The van der Waals surface area contributed by atoms with Crippen molar-refractivity contribution < 1.29 is 32.5 Å². The second-order valence-electron chi connectivity index (χ2n) is 7.82. The smallest absolute Gasteiger partial charge is 0.330 e. The number of sulfonamides is 1. The highest BCUT2D eigenvalue weighted by Gasteiger charge is 2.32. The van der Waals surface area contributed by atoms with Gasteiger partial charge in [0.05, 0.1) is 32.3 Å². The lowest BCUT2D eigenvalue weighted by molar-refractivity contribution is -0.134. The van der Waals surface area contributed by atoms with Gasteiger partial charge in [-0.2, -0.15) is 4.31 Å². The van der Waals surface area contributed by atoms with Crippen molar-refractivity contribution in [1.29, 1.82) is 0 Å². The Morgan fingerprint density at radius 2 is 1.73 bits per heavy atom. The maximum atomic E-state index is 13.4. The van der Waals surface area contributed by atoms with Gasteiger partial charge in [0.25, 0.3) is 0 Å². The van der Waals surface area contributed by atoms with E-state index in [1.807, 2.05) is 6.92 Å². The number of aryl methyl sites for hydroxylation is 1. The third-order valence-electron chi connectivity index (χ3n) is 5.74. The highest BCUT2D eigenvalue weighted by molar-refractivity contribution is 7.89. The maximum absolute atomic E-state index is 13.4. The summed E-state index contributed by atoms with van der Waals surface area (Å²) in [5.74, 6) is -0.235. The molecule has 0 radical (unpaired) electrons. The first-order chi connectivity index (χ1) is 15.7. The lowest BCUT2D eigenvalue weighted by Gasteiger charge is -2.32. The largest absolute Gasteiger partial charge is 0.493 e. The predicted octanol–water partition coefficient (Wildman–Crippen LogP) is 2.78. The van der Waals surface area contributed by atoms with E-state index in [2.05, 4.69) is 4.74 Å². The number of carbonyl (C=O) groups excluding carboxylic acids is 1. The average Bonchev–Trinajstić information content (AvgIpc) is 2.80. The summed E-state index contributed by atoms with van der Waals surface area (Å²) in [5.41, 5.74) is 2.24. The van der Waals surface area contributed by atoms with Crippen molar-refractivity contribution in [2.45, 2.75) is 36.8 Å². The van der Waals surface area contributed by atoms with Crippen LogP contribution in [0.5, 0.6) is 11.5 Å². The van der Waals surface area contributed by atoms with Gasteiger partial charge in [0.1, 0.15) is 0 Å². The summed E-state index contributed by atoms with van der Waals surface area (Å²) in [4.78, 5) is 11.9. The lowest BCUT2D eigenvalue weighted by atomic mass is 9.86. The molecule has 1 aliphatic rings. The summed E-state index contributed by atoms with van der Waals surface area (Å²) >= 11 is 0. The fourth-order valence-corrected chi connectivity index (χ4v) is 5.30. The monoisotopic (exact) mass is 475 g/mol. The van der Waals surface area contributed by atoms with Crippen LogP contribution in [-0.4, -0.2) is 57.8 Å². The van der Waals surface area contributed by atoms with Crippen LogP contribution in [-0.2, 0) is 26.1 Å². The van der Waals surface area contributed by atoms with Gasteiger partial charge in [-0.3, -0.25) is 0 Å². The molecule has 2 aromatic rings. The standard InChI is InChI=1S/C24H29NO7S/c1-16-5-7-18(8-6-16)33(28,29)25-12-11-21(26)19(9-10-24(27)32-4)20-14-23(31-3)22(30-2)13-17(20)15-25/h5-10,13-14,19,21,26H,11-12,15H2,1-4H3/b10-9+/t19-,21-/m0/s1. The van der Waals surface area contributed by atoms with Crippen LogP contribution >= 0.6 is 0 Å². The van der Waals surface area contributed by atoms with Gasteiger partial charge in [-0.15, -0.1) is 0 Å². The molecule has 1 N–H and O–H groups in total. The number of aliphatic hydroxyl groups is 1. The quantitative estimate of drug-likeness (QED) is 0.506. The molecule has 0 saturated carbocycles. The third-order valence-corrected chi connectivity index (χ3v) is 7.60. The Balaban J connectivity index is 2.11. The van der Waals surface area contributed by atoms with E-state index in [4.69, 9.17) is 9.47 Å². The molecule has 2 aromatic carbocycles. The fraction of sp³-hybridized carbons (Fsp3) is 0.375. The molecule has 0 aromatic heterocycles. The molecule has 1 heterocycles. The summed E-state index contributed by atoms with van der Waals surface area (Å²) in [7, 11) is 0.460. The number of benzene rings is 2. The van der Waals surface area contributed by atoms with Crippen LogP contribution in [0.1, 0.15) is 29.0 Å². The number of nitrogens with zero attached hydrogens (tertiary/aromatic N) is 1. The van der Waals surface area contributed by atoms with Crippen molar-refractivity contribution in [3.8, 4) is 11.5 Å². The zero-order valence-corrected chi connectivity index (χ0v) is 20.0. The van der Waals surface area contributed by atoms with Gasteiger partial charge in [0.15, 0.2) is 11.5 Å². The molecule has 33 heavy (non-hydrogen) atoms. The van der Waals surface area contributed by atoms with Crippen molar-refractivity contribution in [3.63, 3.8) is 0 Å². The van der Waals surface area contributed by atoms with E-state index < -0.39 is 28.0 Å². The summed E-state index contributed by atoms with van der Waals surface area (Å²) in [5, 5.41) is 11.0. The molecule has 1 aliphatic heterocycles. The summed E-state index contributed by atoms with van der Waals surface area (Å²) in [6, 6.07) is 10.1. The highest BCUT2D eigenvalue weighted by atomic mass is 32.2. The zero-order valence-electron chi connectivity index (χ0n) is 19.1. The number of aliphatic hydroxyl groups excluding tert-OH is 1. The first kappa shape index (κ1) is 24.8. The van der Waals surface area contributed by atoms with E-state index in [1.165, 1.54) is 31.7 Å². The molecule has 9 heteroatoms. The van der Waals surface area contributed by atoms with Gasteiger partial charge in [-0.05, 0) is 48.7 Å². The van der Waals surface area contributed by atoms with Gasteiger partial charge in [0, 0.05) is 25.1 Å². The number of hydrogen-bond acceptors (Lipinski definition) is 7. The molecule has 2 atom stereocenters. The highest BCUT2D eigenvalue weighted by Crippen LogP contribution is 2.39. The van der Waals surface area contributed by atoms with E-state index in [9.17, 15) is 18.3 Å². The Kier molecular flexibility index (Phi) is 7.78. The Bertz CT molecular complexity index is 1130. The normalized spacial score (nSPS) is 19.4. The first-order valence-corrected chi connectivity index (χ1v) is 11.9. The summed E-state index contributed by atoms with van der Waals surface area (Å²) in [6.07, 6.45) is 2.07. The second-order valence-corrected chi connectivity index (χ2v) is 9.76. The third kappa shape index (κ3) is 5.38. The molecule has 8 nitrogen and oxygen atoms in total. The predicted molar refractivity (Wildman–Crippen MR) is 123 cm³/mol. The van der Waals surface area contributed by atoms with Crippen molar-refractivity contribution in [3.05, 3.63) is 65.2 Å². The Labute approximate surface area is 194 Å². The molecule has 0 saturated heterocycles. The molecule has 0 bridgehead atoms. The minimum atomic E-state index is -3.81. The van der Waals surface area contributed by atoms with Crippen LogP contribution in [0.25, 0.3) is 0 Å². The number of esters is 1. The van der Waals surface area contributed by atoms with Gasteiger partial charge >= 0.3 is 5.97 Å². The van der Waals surface area contributed by atoms with Gasteiger partial charge in [-0.25, -0.2) is 13.2 Å². The number of carbonyl (C=O) groups is 1. The molecular weight excluding hydrogens is 446 g/mol. The van der Waals surface area contributed by atoms with Gasteiger partial charge < -0.3 is 19.3 Å². The van der Waals surface area contributed by atoms with Crippen LogP contribution in [0.15, 0.2) is 53.4 Å². The summed E-state index contributed by atoms with van der Waals surface area (Å²) in [6.45, 7) is 2.07. The van der Waals surface area contributed by atoms with E-state index in [0.29, 0.717) is 22.6 Å². The minimum Gasteiger partial charge on any atom is -0.493 e. The minimum absolute atomic E-state index is 0.0706. The average molecular weight is 476 g/mol. The van der Waals surface area contributed by atoms with Gasteiger partial charge in [-0.1, -0.05) is 23.8 Å². The zero-order chi connectivity index (χ0) is 24.2. The van der Waals surface area contributed by atoms with Crippen LogP contribution in [0.3, 0.4) is 0 Å². The van der Waals surface area contributed by atoms with E-state index >= 15 is 0 Å². The maximum Gasteiger partial charge on any atom is 0.330 e. The summed E-state index contributed by atoms with van der Waals surface area (Å²) < 4.78 is 43.7. The van der Waals surface area contributed by atoms with E-state index in [-0.39, 0.29) is 24.4 Å². The van der Waals surface area contributed by atoms with Crippen LogP contribution in [0.2, 0.25) is 0 Å². The van der Waals surface area contributed by atoms with Crippen molar-refractivity contribution >= 4 is 16.0 Å². The van der Waals surface area contributed by atoms with Gasteiger partial charge in [0.2, 0.25) is 10.0 Å². The number of fused-ring (bicyclic) bond motifs is 1. The SMILES string of the molecule is COC(=O)/C=C/[C@H]1c2cc(OC)c(OC)cc2CN(S(=O)(=O)c2ccc(C)cc2)CC[C@@H]1O. The fourth-order valence-electron chi connectivity index (χ4n) is 3.86. The molecule has 3 rings (SSSR count). The van der Waals surface area contributed by atoms with Crippen LogP contribution < -0.4 is 9.47 Å². The second kappa shape index (κ2) is 10.4. The molecule has 0 spiro atoms. The number of hydrogen-bond donors (Lipinski definition) is 1. The van der Waals surface area contributed by atoms with Crippen molar-refractivity contribution in [1.82, 2.24) is 4.31 Å². The number of ether oxygens (including phenoxy) is 3.